The lowest BCUT2D eigenvalue weighted by Gasteiger charge is -2.09. The minimum absolute atomic E-state index is 0.0441. The molecule has 43 heavy (non-hydrogen) atoms. The van der Waals surface area contributed by atoms with E-state index in [2.05, 4.69) is 15.3 Å². The summed E-state index contributed by atoms with van der Waals surface area (Å²) < 4.78 is 31.7. The van der Waals surface area contributed by atoms with Crippen LogP contribution in [-0.2, 0) is 33.7 Å². The molecule has 2 aromatic carbocycles. The van der Waals surface area contributed by atoms with E-state index in [4.69, 9.17) is 14.2 Å². The average molecular weight is 600 g/mol. The van der Waals surface area contributed by atoms with Gasteiger partial charge in [-0.3, -0.25) is 14.8 Å². The summed E-state index contributed by atoms with van der Waals surface area (Å²) in [5.74, 6) is -0.622. The number of nitrogens with zero attached hydrogens (tertiary/aromatic N) is 2. The Labute approximate surface area is 252 Å². The van der Waals surface area contributed by atoms with Crippen LogP contribution in [0.4, 0.5) is 4.39 Å². The van der Waals surface area contributed by atoms with Gasteiger partial charge in [0.2, 0.25) is 0 Å². The highest BCUT2D eigenvalue weighted by atomic mass is 32.1. The second-order valence-electron chi connectivity index (χ2n) is 9.81. The molecule has 0 fully saturated rings. The molecular weight excluding hydrogens is 569 g/mol. The predicted octanol–water partition coefficient (Wildman–Crippen LogP) is 6.17. The summed E-state index contributed by atoms with van der Waals surface area (Å²) in [5, 5.41) is 3.30. The molecule has 5 rings (SSSR count). The highest BCUT2D eigenvalue weighted by Crippen LogP contribution is 2.39. The van der Waals surface area contributed by atoms with Gasteiger partial charge in [-0.1, -0.05) is 24.3 Å². The summed E-state index contributed by atoms with van der Waals surface area (Å²) in [6.45, 7) is 2.11. The van der Waals surface area contributed by atoms with Crippen molar-refractivity contribution in [3.05, 3.63) is 107 Å². The number of ketones is 1. The Kier molecular flexibility index (Phi) is 9.83. The van der Waals surface area contributed by atoms with Crippen molar-refractivity contribution in [1.82, 2.24) is 15.3 Å². The van der Waals surface area contributed by atoms with Crippen LogP contribution >= 0.6 is 11.3 Å². The second-order valence-corrected chi connectivity index (χ2v) is 10.9. The van der Waals surface area contributed by atoms with Crippen LogP contribution in [0.3, 0.4) is 0 Å². The predicted molar refractivity (Wildman–Crippen MR) is 163 cm³/mol. The number of ether oxygens (including phenoxy) is 3. The van der Waals surface area contributed by atoms with Crippen molar-refractivity contribution < 1.29 is 28.2 Å². The first kappa shape index (κ1) is 30.0. The molecule has 8 nitrogen and oxygen atoms in total. The summed E-state index contributed by atoms with van der Waals surface area (Å²) >= 11 is 1.47. The number of Topliss-reactive ketones (excluding diaryl/α,β-unsaturated/α-hetero) is 1. The summed E-state index contributed by atoms with van der Waals surface area (Å²) in [7, 11) is 2.98. The number of thiophene rings is 1. The van der Waals surface area contributed by atoms with E-state index in [9.17, 15) is 9.59 Å². The van der Waals surface area contributed by atoms with Gasteiger partial charge in [0.1, 0.15) is 11.5 Å². The van der Waals surface area contributed by atoms with Gasteiger partial charge in [0.25, 0.3) is 0 Å². The molecule has 0 aliphatic carbocycles. The van der Waals surface area contributed by atoms with Crippen molar-refractivity contribution in [2.75, 3.05) is 27.4 Å². The highest BCUT2D eigenvalue weighted by molar-refractivity contribution is 7.22. The summed E-state index contributed by atoms with van der Waals surface area (Å²) in [6.07, 6.45) is 3.62. The van der Waals surface area contributed by atoms with Crippen LogP contribution in [0.15, 0.2) is 79.1 Å². The van der Waals surface area contributed by atoms with Crippen LogP contribution in [-0.4, -0.2) is 49.1 Å². The molecule has 0 aliphatic heterocycles. The summed E-state index contributed by atoms with van der Waals surface area (Å²) in [4.78, 5) is 34.4. The highest BCUT2D eigenvalue weighted by Gasteiger charge is 2.15. The molecular formula is C33H30FN3O5S. The van der Waals surface area contributed by atoms with E-state index in [-0.39, 0.29) is 24.4 Å². The monoisotopic (exact) mass is 599 g/mol. The SMILES string of the molecule is COCCNCc1ccc(-c2cc3nccc(Oc4ccc(CC(=O)Cc5cccc(C(=O)OC)c5)cc4F)c3s2)nc1. The van der Waals surface area contributed by atoms with Gasteiger partial charge in [0, 0.05) is 51.5 Å². The number of hydrogen-bond acceptors (Lipinski definition) is 9. The van der Waals surface area contributed by atoms with E-state index in [1.54, 1.807) is 49.7 Å². The van der Waals surface area contributed by atoms with E-state index in [0.29, 0.717) is 35.6 Å². The van der Waals surface area contributed by atoms with Crippen LogP contribution in [0.2, 0.25) is 0 Å². The van der Waals surface area contributed by atoms with Crippen LogP contribution in [0.1, 0.15) is 27.0 Å². The minimum Gasteiger partial charge on any atom is -0.465 e. The van der Waals surface area contributed by atoms with Crippen molar-refractivity contribution in [3.63, 3.8) is 0 Å². The van der Waals surface area contributed by atoms with Gasteiger partial charge in [-0.05, 0) is 53.1 Å². The zero-order chi connectivity index (χ0) is 30.2. The zero-order valence-electron chi connectivity index (χ0n) is 23.8. The number of esters is 1. The number of halogens is 1. The van der Waals surface area contributed by atoms with Gasteiger partial charge in [-0.15, -0.1) is 11.3 Å². The smallest absolute Gasteiger partial charge is 0.337 e. The molecule has 0 amide bonds. The molecule has 0 spiro atoms. The van der Waals surface area contributed by atoms with E-state index in [1.807, 2.05) is 24.4 Å². The normalized spacial score (nSPS) is 11.0. The molecule has 10 heteroatoms. The number of aromatic nitrogens is 2. The minimum atomic E-state index is -0.573. The van der Waals surface area contributed by atoms with Gasteiger partial charge in [-0.25, -0.2) is 9.18 Å². The summed E-state index contributed by atoms with van der Waals surface area (Å²) in [6, 6.07) is 18.9. The van der Waals surface area contributed by atoms with Crippen molar-refractivity contribution >= 4 is 33.3 Å². The molecule has 0 bridgehead atoms. The van der Waals surface area contributed by atoms with Crippen LogP contribution in [0.5, 0.6) is 11.5 Å². The summed E-state index contributed by atoms with van der Waals surface area (Å²) in [5.41, 5.74) is 4.19. The number of carbonyl (C=O) groups excluding carboxylic acids is 2. The maximum absolute atomic E-state index is 15.1. The maximum Gasteiger partial charge on any atom is 0.337 e. The Balaban J connectivity index is 1.25. The Morgan fingerprint density at radius 2 is 1.72 bits per heavy atom. The van der Waals surface area contributed by atoms with Gasteiger partial charge in [0.15, 0.2) is 11.6 Å². The second kappa shape index (κ2) is 14.1. The Morgan fingerprint density at radius 3 is 2.47 bits per heavy atom. The fraction of sp³-hybridized carbons (Fsp3) is 0.212. The fourth-order valence-corrected chi connectivity index (χ4v) is 5.54. The molecule has 220 valence electrons. The number of nitrogens with one attached hydrogen (secondary N) is 1. The largest absolute Gasteiger partial charge is 0.465 e. The molecule has 3 heterocycles. The molecule has 5 aromatic rings. The van der Waals surface area contributed by atoms with E-state index >= 15 is 4.39 Å². The van der Waals surface area contributed by atoms with Crippen molar-refractivity contribution in [3.8, 4) is 22.1 Å². The third kappa shape index (κ3) is 7.66. The Bertz CT molecular complexity index is 1740. The third-order valence-corrected chi connectivity index (χ3v) is 7.79. The lowest BCUT2D eigenvalue weighted by Crippen LogP contribution is -2.18. The first-order chi connectivity index (χ1) is 20.9. The van der Waals surface area contributed by atoms with Gasteiger partial charge >= 0.3 is 5.97 Å². The zero-order valence-corrected chi connectivity index (χ0v) is 24.6. The number of rotatable bonds is 13. The molecule has 0 radical (unpaired) electrons. The quantitative estimate of drug-likeness (QED) is 0.127. The van der Waals surface area contributed by atoms with Crippen molar-refractivity contribution in [1.29, 1.82) is 0 Å². The van der Waals surface area contributed by atoms with Gasteiger partial charge < -0.3 is 19.5 Å². The molecule has 1 N–H and O–H groups in total. The fourth-order valence-electron chi connectivity index (χ4n) is 4.50. The standard InChI is InChI=1S/C33H30FN3O5S/c1-40-13-12-35-19-23-6-8-27(37-20-23)31-18-28-32(43-31)30(10-11-36-28)42-29-9-7-22(17-26(29)34)16-25(38)15-21-4-3-5-24(14-21)33(39)41-2/h3-11,14,17-18,20,35H,12-13,15-16,19H2,1-2H3. The number of fused-ring (bicyclic) bond motifs is 1. The number of pyridine rings is 2. The van der Waals surface area contributed by atoms with Crippen molar-refractivity contribution in [2.45, 2.75) is 19.4 Å². The first-order valence-corrected chi connectivity index (χ1v) is 14.4. The first-order valence-electron chi connectivity index (χ1n) is 13.6. The average Bonchev–Trinajstić information content (AvgIpc) is 3.46. The number of benzene rings is 2. The lowest BCUT2D eigenvalue weighted by molar-refractivity contribution is -0.117. The molecule has 0 unspecified atom stereocenters. The van der Waals surface area contributed by atoms with Crippen molar-refractivity contribution in [2.24, 2.45) is 0 Å². The molecule has 3 aromatic heterocycles. The van der Waals surface area contributed by atoms with E-state index < -0.39 is 11.8 Å². The van der Waals surface area contributed by atoms with E-state index in [0.717, 1.165) is 32.9 Å². The van der Waals surface area contributed by atoms with Gasteiger partial charge in [0.05, 0.1) is 40.1 Å². The number of carbonyl (C=O) groups is 2. The lowest BCUT2D eigenvalue weighted by atomic mass is 10.0. The van der Waals surface area contributed by atoms with Crippen LogP contribution < -0.4 is 10.1 Å². The van der Waals surface area contributed by atoms with E-state index in [1.165, 1.54) is 30.6 Å². The Hall–Kier alpha value is -4.51. The molecule has 0 atom stereocenters. The third-order valence-electron chi connectivity index (χ3n) is 6.63. The van der Waals surface area contributed by atoms with Crippen LogP contribution in [0.25, 0.3) is 20.8 Å². The maximum atomic E-state index is 15.1. The van der Waals surface area contributed by atoms with Gasteiger partial charge in [-0.2, -0.15) is 0 Å². The van der Waals surface area contributed by atoms with Crippen LogP contribution in [0, 0.1) is 5.82 Å². The topological polar surface area (TPSA) is 99.6 Å². The number of hydrogen-bond donors (Lipinski definition) is 1. The molecule has 0 saturated carbocycles. The number of methoxy groups -OCH3 is 2. The molecule has 0 aliphatic rings. The molecule has 0 saturated heterocycles. The Morgan fingerprint density at radius 1 is 0.907 bits per heavy atom.